The molecule has 2 saturated heterocycles. The maximum absolute atomic E-state index is 9.96. The van der Waals surface area contributed by atoms with Gasteiger partial charge in [-0.2, -0.15) is 0 Å². The molecular formula is C30H37BrFN6NaO5S2. The summed E-state index contributed by atoms with van der Waals surface area (Å²) in [4.78, 5) is 16.3. The van der Waals surface area contributed by atoms with Gasteiger partial charge in [-0.05, 0) is 78.0 Å². The SMILES string of the molecule is O=CO[O-].OCc1cccc(-c2nnc(Br)s2)c1.OCc1cccc(-c2nnc(N3CCC(N4CCCCC4)CC3)s2)c1.[2H]CF.[Na+]. The second-order valence-corrected chi connectivity index (χ2v) is 13.2. The minimum absolute atomic E-state index is 0. The minimum Gasteiger partial charge on any atom is -0.662 e. The largest absolute Gasteiger partial charge is 1.00 e. The summed E-state index contributed by atoms with van der Waals surface area (Å²) in [6.45, 7) is 4.65. The van der Waals surface area contributed by atoms with Gasteiger partial charge in [0.25, 0.3) is 6.47 Å². The van der Waals surface area contributed by atoms with Gasteiger partial charge in [-0.25, -0.2) is 0 Å². The molecule has 11 nitrogen and oxygen atoms in total. The Morgan fingerprint density at radius 3 is 1.96 bits per heavy atom. The first kappa shape index (κ1) is 38.5. The fraction of sp³-hybridized carbons (Fsp3) is 0.433. The van der Waals surface area contributed by atoms with Crippen LogP contribution in [0.1, 0.15) is 44.6 Å². The van der Waals surface area contributed by atoms with Gasteiger partial charge in [0.15, 0.2) is 3.92 Å². The zero-order valence-corrected chi connectivity index (χ0v) is 30.9. The van der Waals surface area contributed by atoms with Gasteiger partial charge in [0.2, 0.25) is 5.13 Å². The van der Waals surface area contributed by atoms with Crippen LogP contribution >= 0.6 is 38.6 Å². The predicted octanol–water partition coefficient (Wildman–Crippen LogP) is 1.64. The summed E-state index contributed by atoms with van der Waals surface area (Å²) < 4.78 is 16.3. The first-order valence-corrected chi connectivity index (χ1v) is 16.7. The molecule has 2 fully saturated rings. The number of alkyl halides is 1. The fourth-order valence-electron chi connectivity index (χ4n) is 5.09. The number of hydrogen-bond acceptors (Lipinski definition) is 13. The number of likely N-dealkylation sites (tertiary alicyclic amines) is 1. The third kappa shape index (κ3) is 12.6. The van der Waals surface area contributed by atoms with Gasteiger partial charge >= 0.3 is 29.6 Å². The van der Waals surface area contributed by atoms with Crippen molar-refractivity contribution in [2.24, 2.45) is 0 Å². The van der Waals surface area contributed by atoms with Crippen LogP contribution in [0.25, 0.3) is 21.1 Å². The molecule has 4 aromatic rings. The van der Waals surface area contributed by atoms with Crippen molar-refractivity contribution in [3.63, 3.8) is 0 Å². The first-order chi connectivity index (χ1) is 22.5. The Bertz CT molecular complexity index is 1450. The maximum atomic E-state index is 9.96. The first-order valence-electron chi connectivity index (χ1n) is 15.0. The Morgan fingerprint density at radius 1 is 0.957 bits per heavy atom. The van der Waals surface area contributed by atoms with Crippen LogP contribution in [0.15, 0.2) is 52.4 Å². The Morgan fingerprint density at radius 2 is 1.48 bits per heavy atom. The molecule has 4 heterocycles. The number of piperidine rings is 2. The number of aromatic nitrogens is 4. The number of hydrogen-bond donors (Lipinski definition) is 2. The summed E-state index contributed by atoms with van der Waals surface area (Å²) in [7, 11) is -1.00. The van der Waals surface area contributed by atoms with E-state index in [-0.39, 0.29) is 49.2 Å². The van der Waals surface area contributed by atoms with Crippen molar-refractivity contribution < 1.29 is 60.5 Å². The van der Waals surface area contributed by atoms with E-state index in [0.29, 0.717) is 0 Å². The van der Waals surface area contributed by atoms with E-state index in [1.807, 2.05) is 48.5 Å². The van der Waals surface area contributed by atoms with E-state index >= 15 is 0 Å². The second kappa shape index (κ2) is 22.6. The molecule has 244 valence electrons. The van der Waals surface area contributed by atoms with Crippen molar-refractivity contribution in [3.8, 4) is 21.1 Å². The van der Waals surface area contributed by atoms with Gasteiger partial charge in [-0.1, -0.05) is 65.5 Å². The molecule has 6 rings (SSSR count). The molecule has 0 spiro atoms. The number of benzene rings is 2. The van der Waals surface area contributed by atoms with Crippen molar-refractivity contribution in [2.45, 2.75) is 51.4 Å². The van der Waals surface area contributed by atoms with Gasteiger partial charge in [0, 0.05) is 30.3 Å². The van der Waals surface area contributed by atoms with Crippen LogP contribution in [-0.2, 0) is 22.9 Å². The molecule has 46 heavy (non-hydrogen) atoms. The average molecular weight is 749 g/mol. The quantitative estimate of drug-likeness (QED) is 0.123. The van der Waals surface area contributed by atoms with Gasteiger partial charge in [-0.3, -0.25) is 9.18 Å². The van der Waals surface area contributed by atoms with E-state index in [0.717, 1.165) is 60.4 Å². The molecule has 16 heteroatoms. The van der Waals surface area contributed by atoms with Crippen LogP contribution in [0, 0.1) is 0 Å². The van der Waals surface area contributed by atoms with Crippen LogP contribution in [0.5, 0.6) is 0 Å². The number of carbonyl (C=O) groups is 1. The zero-order chi connectivity index (χ0) is 33.1. The number of nitrogens with zero attached hydrogens (tertiary/aromatic N) is 6. The molecule has 0 aliphatic carbocycles. The van der Waals surface area contributed by atoms with E-state index in [1.54, 1.807) is 11.3 Å². The summed E-state index contributed by atoms with van der Waals surface area (Å²) in [6.07, 6.45) is 6.60. The molecule has 0 atom stereocenters. The molecule has 2 aliphatic heterocycles. The molecular weight excluding hydrogens is 710 g/mol. The normalized spacial score (nSPS) is 15.0. The van der Waals surface area contributed by atoms with Crippen LogP contribution in [-0.4, -0.2) is 81.4 Å². The summed E-state index contributed by atoms with van der Waals surface area (Å²) in [5, 5.41) is 46.2. The summed E-state index contributed by atoms with van der Waals surface area (Å²) in [5.74, 6) is 0. The Kier molecular flexibility index (Phi) is 18.9. The van der Waals surface area contributed by atoms with E-state index in [2.05, 4.69) is 51.0 Å². The Hall–Kier alpha value is -1.92. The van der Waals surface area contributed by atoms with Gasteiger partial charge in [0.1, 0.15) is 10.0 Å². The van der Waals surface area contributed by atoms with Gasteiger partial charge in [0.05, 0.1) is 21.7 Å². The fourth-order valence-corrected chi connectivity index (χ4v) is 7.09. The third-order valence-electron chi connectivity index (χ3n) is 7.21. The summed E-state index contributed by atoms with van der Waals surface area (Å²) >= 11 is 6.39. The predicted molar refractivity (Wildman–Crippen MR) is 175 cm³/mol. The number of rotatable bonds is 7. The van der Waals surface area contributed by atoms with Crippen molar-refractivity contribution in [1.29, 1.82) is 0 Å². The standard InChI is InChI=1S/C19H26N4OS.C9H7BrN2OS.CH3F.CH2O3.Na/c24-14-15-5-4-6-16(13-15)18-20-21-19(25-18)23-11-7-17(8-12-23)22-9-2-1-3-10-22;10-9-12-11-8(14-9)7-3-1-2-6(4-7)5-13;1-2;2-1-4-3;/h4-6,13,17,24H,1-3,7-12,14H2;1-4,13H,5H2;1H3;1,3H;/q;;;;+1/p-1/i;;1D;;. The van der Waals surface area contributed by atoms with E-state index in [1.165, 1.54) is 56.5 Å². The molecule has 2 aromatic heterocycles. The molecule has 0 bridgehead atoms. The summed E-state index contributed by atoms with van der Waals surface area (Å²) in [5.41, 5.74) is 3.82. The molecule has 2 aliphatic rings. The molecule has 2 aromatic carbocycles. The Balaban J connectivity index is 0.000000295. The monoisotopic (exact) mass is 747 g/mol. The number of halogens is 2. The molecule has 2 N–H and O–H groups in total. The second-order valence-electron chi connectivity index (χ2n) is 9.97. The van der Waals surface area contributed by atoms with Crippen LogP contribution in [0.2, 0.25) is 0 Å². The van der Waals surface area contributed by atoms with Gasteiger partial charge in [-0.15, -0.1) is 20.4 Å². The molecule has 0 saturated carbocycles. The van der Waals surface area contributed by atoms with Crippen LogP contribution < -0.4 is 39.7 Å². The van der Waals surface area contributed by atoms with E-state index in [4.69, 9.17) is 16.5 Å². The molecule has 0 amide bonds. The number of aliphatic hydroxyl groups is 2. The molecule has 0 unspecified atom stereocenters. The van der Waals surface area contributed by atoms with E-state index in [9.17, 15) is 9.50 Å². The minimum atomic E-state index is -1.00. The topological polar surface area (TPSA) is 148 Å². The number of carbonyl (C=O) groups excluding carboxylic acids is 1. The summed E-state index contributed by atoms with van der Waals surface area (Å²) in [6, 6.07) is 16.3. The van der Waals surface area contributed by atoms with Gasteiger partial charge < -0.3 is 30.2 Å². The third-order valence-corrected chi connectivity index (χ3v) is 9.65. The maximum Gasteiger partial charge on any atom is 1.00 e. The van der Waals surface area contributed by atoms with Crippen molar-refractivity contribution in [2.75, 3.05) is 38.2 Å². The number of aliphatic hydroxyl groups excluding tert-OH is 2. The average Bonchev–Trinajstić information content (AvgIpc) is 3.80. The van der Waals surface area contributed by atoms with Crippen molar-refractivity contribution >= 4 is 50.2 Å². The van der Waals surface area contributed by atoms with Crippen molar-refractivity contribution in [3.05, 3.63) is 63.6 Å². The van der Waals surface area contributed by atoms with Crippen LogP contribution in [0.4, 0.5) is 9.52 Å². The smallest absolute Gasteiger partial charge is 0.662 e. The Labute approximate surface area is 308 Å². The van der Waals surface area contributed by atoms with Crippen LogP contribution in [0.3, 0.4) is 0 Å². The van der Waals surface area contributed by atoms with Crippen molar-refractivity contribution in [1.82, 2.24) is 25.3 Å². The molecule has 0 radical (unpaired) electrons. The number of anilines is 1. The van der Waals surface area contributed by atoms with E-state index < -0.39 is 7.15 Å². The zero-order valence-electron chi connectivity index (χ0n) is 26.6.